The van der Waals surface area contributed by atoms with E-state index >= 15 is 0 Å². The highest BCUT2D eigenvalue weighted by molar-refractivity contribution is 5.77. The van der Waals surface area contributed by atoms with Gasteiger partial charge in [0, 0.05) is 5.92 Å². The second-order valence-electron chi connectivity index (χ2n) is 3.87. The molecule has 4 heteroatoms. The second kappa shape index (κ2) is 4.61. The first-order chi connectivity index (χ1) is 7.74. The number of nitrogens with one attached hydrogen (secondary N) is 1. The predicted octanol–water partition coefficient (Wildman–Crippen LogP) is 1.44. The van der Waals surface area contributed by atoms with Crippen molar-refractivity contribution in [1.82, 2.24) is 5.32 Å². The summed E-state index contributed by atoms with van der Waals surface area (Å²) in [6, 6.07) is 6.14. The number of hydrogen-bond donors (Lipinski definition) is 1. The van der Waals surface area contributed by atoms with E-state index in [1.165, 1.54) is 13.2 Å². The van der Waals surface area contributed by atoms with Gasteiger partial charge in [-0.25, -0.2) is 4.39 Å². The van der Waals surface area contributed by atoms with Crippen molar-refractivity contribution < 1.29 is 13.9 Å². The quantitative estimate of drug-likeness (QED) is 0.771. The molecule has 1 aromatic carbocycles. The normalized spacial score (nSPS) is 24.4. The number of hydrogen-bond acceptors (Lipinski definition) is 3. The zero-order valence-corrected chi connectivity index (χ0v) is 9.07. The van der Waals surface area contributed by atoms with Gasteiger partial charge >= 0.3 is 5.97 Å². The Morgan fingerprint density at radius 2 is 2.25 bits per heavy atom. The first-order valence-electron chi connectivity index (χ1n) is 5.29. The molecular weight excluding hydrogens is 209 g/mol. The molecule has 1 aromatic rings. The molecule has 1 fully saturated rings. The summed E-state index contributed by atoms with van der Waals surface area (Å²) in [7, 11) is 1.35. The van der Waals surface area contributed by atoms with E-state index in [2.05, 4.69) is 5.32 Å². The number of rotatable bonds is 2. The van der Waals surface area contributed by atoms with E-state index in [4.69, 9.17) is 4.74 Å². The van der Waals surface area contributed by atoms with Crippen molar-refractivity contribution in [2.45, 2.75) is 18.4 Å². The minimum absolute atomic E-state index is 0.131. The fourth-order valence-electron chi connectivity index (χ4n) is 2.19. The summed E-state index contributed by atoms with van der Waals surface area (Å²) < 4.78 is 18.3. The summed E-state index contributed by atoms with van der Waals surface area (Å²) in [6.45, 7) is 0.707. The van der Waals surface area contributed by atoms with Crippen LogP contribution in [-0.4, -0.2) is 25.7 Å². The Labute approximate surface area is 93.6 Å². The van der Waals surface area contributed by atoms with Crippen LogP contribution in [-0.2, 0) is 9.53 Å². The van der Waals surface area contributed by atoms with Gasteiger partial charge in [-0.1, -0.05) is 18.2 Å². The molecule has 86 valence electrons. The van der Waals surface area contributed by atoms with Crippen LogP contribution in [0.3, 0.4) is 0 Å². The molecular formula is C12H14FNO2. The fraction of sp³-hybridized carbons (Fsp3) is 0.417. The topological polar surface area (TPSA) is 38.3 Å². The summed E-state index contributed by atoms with van der Waals surface area (Å²) in [5.74, 6) is -0.718. The molecule has 16 heavy (non-hydrogen) atoms. The fourth-order valence-corrected chi connectivity index (χ4v) is 2.19. The molecule has 0 unspecified atom stereocenters. The monoisotopic (exact) mass is 223 g/mol. The number of esters is 1. The van der Waals surface area contributed by atoms with Crippen molar-refractivity contribution in [3.05, 3.63) is 35.6 Å². The molecule has 1 saturated heterocycles. The number of carbonyl (C=O) groups is 1. The average Bonchev–Trinajstić information content (AvgIpc) is 2.77. The minimum atomic E-state index is -0.429. The molecule has 1 aliphatic heterocycles. The van der Waals surface area contributed by atoms with E-state index in [0.717, 1.165) is 6.42 Å². The zero-order chi connectivity index (χ0) is 11.5. The minimum Gasteiger partial charge on any atom is -0.468 e. The highest BCUT2D eigenvalue weighted by Crippen LogP contribution is 2.29. The summed E-state index contributed by atoms with van der Waals surface area (Å²) in [5.41, 5.74) is 0.586. The Balaban J connectivity index is 2.27. The second-order valence-corrected chi connectivity index (χ2v) is 3.87. The van der Waals surface area contributed by atoms with E-state index < -0.39 is 6.04 Å². The van der Waals surface area contributed by atoms with E-state index in [-0.39, 0.29) is 17.7 Å². The van der Waals surface area contributed by atoms with Crippen LogP contribution in [0, 0.1) is 5.82 Å². The maximum atomic E-state index is 13.6. The molecule has 0 aliphatic carbocycles. The highest BCUT2D eigenvalue weighted by atomic mass is 19.1. The maximum Gasteiger partial charge on any atom is 0.323 e. The van der Waals surface area contributed by atoms with Gasteiger partial charge in [0.05, 0.1) is 7.11 Å². The van der Waals surface area contributed by atoms with Crippen LogP contribution < -0.4 is 5.32 Å². The molecule has 1 N–H and O–H groups in total. The molecule has 0 bridgehead atoms. The first-order valence-corrected chi connectivity index (χ1v) is 5.29. The SMILES string of the molecule is COC(=O)[C@@H]1NCC[C@@H]1c1ccccc1F. The van der Waals surface area contributed by atoms with E-state index in [0.29, 0.717) is 12.1 Å². The smallest absolute Gasteiger partial charge is 0.323 e. The lowest BCUT2D eigenvalue weighted by molar-refractivity contribution is -0.143. The van der Waals surface area contributed by atoms with Crippen LogP contribution in [0.25, 0.3) is 0 Å². The molecule has 1 aliphatic rings. The number of ether oxygens (including phenoxy) is 1. The Kier molecular flexibility index (Phi) is 3.19. The van der Waals surface area contributed by atoms with Crippen molar-refractivity contribution in [3.8, 4) is 0 Å². The van der Waals surface area contributed by atoms with Crippen LogP contribution in [0.2, 0.25) is 0 Å². The standard InChI is InChI=1S/C12H14FNO2/c1-16-12(15)11-9(6-7-14-11)8-4-2-3-5-10(8)13/h2-5,9,11,14H,6-7H2,1H3/t9-,11-/m1/s1. The van der Waals surface area contributed by atoms with Gasteiger partial charge in [-0.2, -0.15) is 0 Å². The molecule has 0 aromatic heterocycles. The number of benzene rings is 1. The van der Waals surface area contributed by atoms with Crippen LogP contribution in [0.1, 0.15) is 17.9 Å². The Morgan fingerprint density at radius 1 is 1.50 bits per heavy atom. The predicted molar refractivity (Wildman–Crippen MR) is 57.6 cm³/mol. The van der Waals surface area contributed by atoms with E-state index in [1.54, 1.807) is 18.2 Å². The summed E-state index contributed by atoms with van der Waals surface area (Å²) in [4.78, 5) is 11.5. The lowest BCUT2D eigenvalue weighted by Crippen LogP contribution is -2.35. The average molecular weight is 223 g/mol. The Bertz CT molecular complexity index is 394. The van der Waals surface area contributed by atoms with Crippen molar-refractivity contribution in [2.75, 3.05) is 13.7 Å². The van der Waals surface area contributed by atoms with Gasteiger partial charge in [0.1, 0.15) is 11.9 Å². The van der Waals surface area contributed by atoms with Crippen LogP contribution in [0.4, 0.5) is 4.39 Å². The zero-order valence-electron chi connectivity index (χ0n) is 9.07. The van der Waals surface area contributed by atoms with Gasteiger partial charge in [0.25, 0.3) is 0 Å². The largest absolute Gasteiger partial charge is 0.468 e. The molecule has 0 spiro atoms. The van der Waals surface area contributed by atoms with Gasteiger partial charge < -0.3 is 10.1 Å². The van der Waals surface area contributed by atoms with E-state index in [1.807, 2.05) is 0 Å². The van der Waals surface area contributed by atoms with Crippen molar-refractivity contribution >= 4 is 5.97 Å². The lowest BCUT2D eigenvalue weighted by Gasteiger charge is -2.17. The number of carbonyl (C=O) groups excluding carboxylic acids is 1. The van der Waals surface area contributed by atoms with Crippen LogP contribution >= 0.6 is 0 Å². The summed E-state index contributed by atoms with van der Waals surface area (Å²) >= 11 is 0. The summed E-state index contributed by atoms with van der Waals surface area (Å²) in [6.07, 6.45) is 0.751. The highest BCUT2D eigenvalue weighted by Gasteiger charge is 2.35. The Morgan fingerprint density at radius 3 is 2.94 bits per heavy atom. The van der Waals surface area contributed by atoms with E-state index in [9.17, 15) is 9.18 Å². The number of methoxy groups -OCH3 is 1. The number of halogens is 1. The van der Waals surface area contributed by atoms with Crippen LogP contribution in [0.15, 0.2) is 24.3 Å². The van der Waals surface area contributed by atoms with Gasteiger partial charge in [-0.3, -0.25) is 4.79 Å². The summed E-state index contributed by atoms with van der Waals surface area (Å²) in [5, 5.41) is 3.04. The van der Waals surface area contributed by atoms with Crippen molar-refractivity contribution in [1.29, 1.82) is 0 Å². The van der Waals surface area contributed by atoms with Crippen molar-refractivity contribution in [3.63, 3.8) is 0 Å². The van der Waals surface area contributed by atoms with Crippen molar-refractivity contribution in [2.24, 2.45) is 0 Å². The lowest BCUT2D eigenvalue weighted by atomic mass is 9.91. The molecule has 0 radical (unpaired) electrons. The maximum absolute atomic E-state index is 13.6. The third-order valence-corrected chi connectivity index (χ3v) is 2.98. The third-order valence-electron chi connectivity index (χ3n) is 2.98. The first kappa shape index (κ1) is 11.1. The van der Waals surface area contributed by atoms with Crippen LogP contribution in [0.5, 0.6) is 0 Å². The van der Waals surface area contributed by atoms with Gasteiger partial charge in [-0.15, -0.1) is 0 Å². The Hall–Kier alpha value is -1.42. The van der Waals surface area contributed by atoms with Gasteiger partial charge in [0.2, 0.25) is 0 Å². The molecule has 2 rings (SSSR count). The third kappa shape index (κ3) is 1.93. The molecule has 0 amide bonds. The molecule has 3 nitrogen and oxygen atoms in total. The van der Waals surface area contributed by atoms with Gasteiger partial charge in [-0.05, 0) is 24.6 Å². The molecule has 2 atom stereocenters. The molecule has 0 saturated carbocycles. The molecule has 1 heterocycles. The van der Waals surface area contributed by atoms with Gasteiger partial charge in [0.15, 0.2) is 0 Å².